The molecule has 0 radical (unpaired) electrons. The summed E-state index contributed by atoms with van der Waals surface area (Å²) in [5.41, 5.74) is 2.89. The lowest BCUT2D eigenvalue weighted by Gasteiger charge is -2.15. The minimum atomic E-state index is -0.214. The van der Waals surface area contributed by atoms with Gasteiger partial charge in [-0.1, -0.05) is 23.7 Å². The van der Waals surface area contributed by atoms with Gasteiger partial charge in [-0.05, 0) is 38.0 Å². The second kappa shape index (κ2) is 4.58. The van der Waals surface area contributed by atoms with Crippen LogP contribution < -0.4 is 0 Å². The first kappa shape index (κ1) is 12.8. The molecule has 0 fully saturated rings. The van der Waals surface area contributed by atoms with Crippen LogP contribution in [0.2, 0.25) is 5.02 Å². The molecule has 1 aromatic carbocycles. The van der Waals surface area contributed by atoms with Gasteiger partial charge in [0, 0.05) is 16.2 Å². The zero-order chi connectivity index (χ0) is 13.4. The molecular formula is C14H14ClNO2. The van der Waals surface area contributed by atoms with E-state index in [1.807, 2.05) is 19.1 Å². The van der Waals surface area contributed by atoms with Crippen LogP contribution in [0.25, 0.3) is 0 Å². The molecule has 0 atom stereocenters. The topological polar surface area (TPSA) is 37.4 Å². The van der Waals surface area contributed by atoms with Gasteiger partial charge in [0.2, 0.25) is 0 Å². The third-order valence-corrected chi connectivity index (χ3v) is 3.68. The van der Waals surface area contributed by atoms with Crippen molar-refractivity contribution < 1.29 is 9.59 Å². The van der Waals surface area contributed by atoms with Crippen LogP contribution in [-0.2, 0) is 16.1 Å². The van der Waals surface area contributed by atoms with Crippen LogP contribution in [0.15, 0.2) is 29.3 Å². The van der Waals surface area contributed by atoms with Crippen LogP contribution in [0.3, 0.4) is 0 Å². The SMILES string of the molecule is CC1=C(C)C(=O)N(Cc2ccc(C)c(Cl)c2)C1=O. The van der Waals surface area contributed by atoms with E-state index in [-0.39, 0.29) is 18.4 Å². The van der Waals surface area contributed by atoms with Gasteiger partial charge in [0.05, 0.1) is 6.54 Å². The van der Waals surface area contributed by atoms with E-state index in [1.54, 1.807) is 19.9 Å². The maximum absolute atomic E-state index is 11.9. The molecule has 0 spiro atoms. The van der Waals surface area contributed by atoms with Crippen molar-refractivity contribution in [3.05, 3.63) is 45.5 Å². The van der Waals surface area contributed by atoms with Crippen molar-refractivity contribution >= 4 is 23.4 Å². The normalized spacial score (nSPS) is 15.9. The van der Waals surface area contributed by atoms with Crippen LogP contribution in [-0.4, -0.2) is 16.7 Å². The van der Waals surface area contributed by atoms with Gasteiger partial charge in [-0.3, -0.25) is 14.5 Å². The van der Waals surface area contributed by atoms with E-state index in [1.165, 1.54) is 4.90 Å². The molecule has 1 aliphatic rings. The fraction of sp³-hybridized carbons (Fsp3) is 0.286. The van der Waals surface area contributed by atoms with Crippen molar-refractivity contribution in [2.75, 3.05) is 0 Å². The molecule has 1 aromatic rings. The molecule has 94 valence electrons. The molecule has 1 heterocycles. The van der Waals surface area contributed by atoms with Crippen LogP contribution in [0.1, 0.15) is 25.0 Å². The monoisotopic (exact) mass is 263 g/mol. The first-order valence-electron chi connectivity index (χ1n) is 5.70. The quantitative estimate of drug-likeness (QED) is 0.770. The van der Waals surface area contributed by atoms with Gasteiger partial charge in [-0.2, -0.15) is 0 Å². The minimum Gasteiger partial charge on any atom is -0.270 e. The Kier molecular flexibility index (Phi) is 3.26. The van der Waals surface area contributed by atoms with Crippen LogP contribution in [0.5, 0.6) is 0 Å². The molecule has 0 aromatic heterocycles. The number of nitrogens with zero attached hydrogens (tertiary/aromatic N) is 1. The summed E-state index contributed by atoms with van der Waals surface area (Å²) < 4.78 is 0. The lowest BCUT2D eigenvalue weighted by atomic mass is 10.1. The highest BCUT2D eigenvalue weighted by Gasteiger charge is 2.33. The summed E-state index contributed by atoms with van der Waals surface area (Å²) in [7, 11) is 0. The second-order valence-electron chi connectivity index (χ2n) is 4.53. The third-order valence-electron chi connectivity index (χ3n) is 3.27. The number of hydrogen-bond donors (Lipinski definition) is 0. The van der Waals surface area contributed by atoms with E-state index in [4.69, 9.17) is 11.6 Å². The molecule has 0 unspecified atom stereocenters. The molecule has 0 aliphatic carbocycles. The Morgan fingerprint density at radius 1 is 1.06 bits per heavy atom. The highest BCUT2D eigenvalue weighted by atomic mass is 35.5. The number of halogens is 1. The highest BCUT2D eigenvalue weighted by Crippen LogP contribution is 2.23. The number of hydrogen-bond acceptors (Lipinski definition) is 2. The standard InChI is InChI=1S/C14H14ClNO2/c1-8-4-5-11(6-12(8)15)7-16-13(17)9(2)10(3)14(16)18/h4-6H,7H2,1-3H3. The summed E-state index contributed by atoms with van der Waals surface area (Å²) in [4.78, 5) is 25.0. The van der Waals surface area contributed by atoms with E-state index in [0.29, 0.717) is 16.2 Å². The molecule has 3 nitrogen and oxygen atoms in total. The number of aryl methyl sites for hydroxylation is 1. The van der Waals surface area contributed by atoms with Gasteiger partial charge in [0.25, 0.3) is 11.8 Å². The zero-order valence-corrected chi connectivity index (χ0v) is 11.3. The predicted octanol–water partition coefficient (Wildman–Crippen LogP) is 2.85. The Balaban J connectivity index is 2.24. The number of imide groups is 1. The zero-order valence-electron chi connectivity index (χ0n) is 10.6. The smallest absolute Gasteiger partial charge is 0.257 e. The van der Waals surface area contributed by atoms with Gasteiger partial charge in [-0.15, -0.1) is 0 Å². The molecule has 18 heavy (non-hydrogen) atoms. The number of carbonyl (C=O) groups excluding carboxylic acids is 2. The van der Waals surface area contributed by atoms with Gasteiger partial charge >= 0.3 is 0 Å². The Morgan fingerprint density at radius 3 is 2.11 bits per heavy atom. The van der Waals surface area contributed by atoms with Gasteiger partial charge in [0.1, 0.15) is 0 Å². The summed E-state index contributed by atoms with van der Waals surface area (Å²) in [6.45, 7) is 5.54. The van der Waals surface area contributed by atoms with Crippen molar-refractivity contribution in [3.8, 4) is 0 Å². The summed E-state index contributed by atoms with van der Waals surface area (Å²) >= 11 is 6.03. The molecule has 0 saturated carbocycles. The van der Waals surface area contributed by atoms with Crippen molar-refractivity contribution in [1.82, 2.24) is 4.90 Å². The van der Waals surface area contributed by atoms with Gasteiger partial charge < -0.3 is 0 Å². The Labute approximate surface area is 111 Å². The van der Waals surface area contributed by atoms with Gasteiger partial charge in [0.15, 0.2) is 0 Å². The Hall–Kier alpha value is -1.61. The van der Waals surface area contributed by atoms with Crippen molar-refractivity contribution in [1.29, 1.82) is 0 Å². The van der Waals surface area contributed by atoms with Crippen molar-refractivity contribution in [3.63, 3.8) is 0 Å². The molecular weight excluding hydrogens is 250 g/mol. The van der Waals surface area contributed by atoms with E-state index in [0.717, 1.165) is 11.1 Å². The molecule has 2 rings (SSSR count). The summed E-state index contributed by atoms with van der Waals surface area (Å²) in [5, 5.41) is 0.646. The minimum absolute atomic E-state index is 0.214. The van der Waals surface area contributed by atoms with E-state index in [9.17, 15) is 9.59 Å². The first-order valence-corrected chi connectivity index (χ1v) is 6.08. The summed E-state index contributed by atoms with van der Waals surface area (Å²) in [6.07, 6.45) is 0. The number of rotatable bonds is 2. The second-order valence-corrected chi connectivity index (χ2v) is 4.94. The molecule has 1 aliphatic heterocycles. The van der Waals surface area contributed by atoms with Gasteiger partial charge in [-0.25, -0.2) is 0 Å². The maximum Gasteiger partial charge on any atom is 0.257 e. The Morgan fingerprint density at radius 2 is 1.61 bits per heavy atom. The van der Waals surface area contributed by atoms with Crippen molar-refractivity contribution in [2.24, 2.45) is 0 Å². The summed E-state index contributed by atoms with van der Waals surface area (Å²) in [5.74, 6) is -0.427. The molecule has 2 amide bonds. The largest absolute Gasteiger partial charge is 0.270 e. The average molecular weight is 264 g/mol. The van der Waals surface area contributed by atoms with Crippen LogP contribution in [0, 0.1) is 6.92 Å². The fourth-order valence-corrected chi connectivity index (χ4v) is 2.08. The number of carbonyl (C=O) groups is 2. The Bertz CT molecular complexity index is 551. The highest BCUT2D eigenvalue weighted by molar-refractivity contribution is 6.31. The average Bonchev–Trinajstić information content (AvgIpc) is 2.52. The molecule has 0 N–H and O–H groups in total. The third kappa shape index (κ3) is 2.06. The summed E-state index contributed by atoms with van der Waals surface area (Å²) in [6, 6.07) is 5.56. The molecule has 0 bridgehead atoms. The van der Waals surface area contributed by atoms with E-state index < -0.39 is 0 Å². The fourth-order valence-electron chi connectivity index (χ4n) is 1.88. The first-order chi connectivity index (χ1) is 8.41. The molecule has 0 saturated heterocycles. The van der Waals surface area contributed by atoms with Crippen LogP contribution in [0.4, 0.5) is 0 Å². The lowest BCUT2D eigenvalue weighted by molar-refractivity contribution is -0.138. The number of amides is 2. The van der Waals surface area contributed by atoms with Crippen molar-refractivity contribution in [2.45, 2.75) is 27.3 Å². The predicted molar refractivity (Wildman–Crippen MR) is 70.1 cm³/mol. The number of benzene rings is 1. The maximum atomic E-state index is 11.9. The lowest BCUT2D eigenvalue weighted by Crippen LogP contribution is -2.30. The van der Waals surface area contributed by atoms with E-state index >= 15 is 0 Å². The molecule has 4 heteroatoms. The van der Waals surface area contributed by atoms with Crippen LogP contribution >= 0.6 is 11.6 Å². The van der Waals surface area contributed by atoms with E-state index in [2.05, 4.69) is 0 Å².